The highest BCUT2D eigenvalue weighted by molar-refractivity contribution is 7.08. The van der Waals surface area contributed by atoms with Crippen LogP contribution in [0.25, 0.3) is 0 Å². The third-order valence-electron chi connectivity index (χ3n) is 2.17. The van der Waals surface area contributed by atoms with E-state index in [9.17, 15) is 9.59 Å². The molecule has 1 atom stereocenters. The van der Waals surface area contributed by atoms with Gasteiger partial charge in [0.05, 0.1) is 12.1 Å². The van der Waals surface area contributed by atoms with Crippen molar-refractivity contribution in [2.75, 3.05) is 5.32 Å². The van der Waals surface area contributed by atoms with E-state index in [2.05, 4.69) is 10.6 Å². The molecular formula is C11H16N2O3S. The first kappa shape index (κ1) is 13.5. The Morgan fingerprint density at radius 2 is 2.29 bits per heavy atom. The summed E-state index contributed by atoms with van der Waals surface area (Å²) >= 11 is 1.48. The lowest BCUT2D eigenvalue weighted by molar-refractivity contribution is -0.137. The van der Waals surface area contributed by atoms with E-state index in [4.69, 9.17) is 5.11 Å². The predicted molar refractivity (Wildman–Crippen MR) is 67.4 cm³/mol. The maximum Gasteiger partial charge on any atom is 0.319 e. The number of nitrogens with one attached hydrogen (secondary N) is 2. The topological polar surface area (TPSA) is 78.4 Å². The highest BCUT2D eigenvalue weighted by atomic mass is 32.1. The average Bonchev–Trinajstić information content (AvgIpc) is 2.69. The molecular weight excluding hydrogens is 240 g/mol. The Labute approximate surface area is 104 Å². The predicted octanol–water partition coefficient (Wildman–Crippen LogP) is 2.51. The summed E-state index contributed by atoms with van der Waals surface area (Å²) in [5, 5.41) is 17.7. The van der Waals surface area contributed by atoms with Crippen LogP contribution in [0.2, 0.25) is 0 Å². The minimum absolute atomic E-state index is 0.0507. The number of carboxylic acid groups (broad SMARTS) is 1. The average molecular weight is 256 g/mol. The van der Waals surface area contributed by atoms with E-state index < -0.39 is 5.97 Å². The smallest absolute Gasteiger partial charge is 0.319 e. The Morgan fingerprint density at radius 1 is 1.53 bits per heavy atom. The molecule has 0 saturated carbocycles. The number of carboxylic acids is 1. The van der Waals surface area contributed by atoms with Gasteiger partial charge in [0.25, 0.3) is 0 Å². The van der Waals surface area contributed by atoms with E-state index in [1.807, 2.05) is 17.7 Å². The number of hydrogen-bond donors (Lipinski definition) is 3. The van der Waals surface area contributed by atoms with Gasteiger partial charge < -0.3 is 15.7 Å². The first-order valence-corrected chi connectivity index (χ1v) is 6.37. The van der Waals surface area contributed by atoms with Gasteiger partial charge >= 0.3 is 12.0 Å². The quantitative estimate of drug-likeness (QED) is 0.731. The van der Waals surface area contributed by atoms with Gasteiger partial charge in [-0.1, -0.05) is 13.3 Å². The molecule has 0 aliphatic rings. The van der Waals surface area contributed by atoms with Crippen LogP contribution >= 0.6 is 11.3 Å². The van der Waals surface area contributed by atoms with E-state index in [1.165, 1.54) is 11.3 Å². The number of amides is 2. The van der Waals surface area contributed by atoms with Gasteiger partial charge in [-0.25, -0.2) is 4.79 Å². The van der Waals surface area contributed by atoms with Crippen molar-refractivity contribution < 1.29 is 14.7 Å². The molecule has 0 radical (unpaired) electrons. The molecule has 0 aromatic carbocycles. The zero-order valence-corrected chi connectivity index (χ0v) is 10.4. The number of anilines is 1. The third-order valence-corrected chi connectivity index (χ3v) is 2.86. The zero-order valence-electron chi connectivity index (χ0n) is 9.60. The van der Waals surface area contributed by atoms with E-state index >= 15 is 0 Å². The summed E-state index contributed by atoms with van der Waals surface area (Å²) in [7, 11) is 0. The van der Waals surface area contributed by atoms with Crippen molar-refractivity contribution in [2.45, 2.75) is 32.2 Å². The van der Waals surface area contributed by atoms with Gasteiger partial charge in [-0.05, 0) is 17.9 Å². The summed E-state index contributed by atoms with van der Waals surface area (Å²) in [4.78, 5) is 22.2. The van der Waals surface area contributed by atoms with Gasteiger partial charge in [0.15, 0.2) is 0 Å². The van der Waals surface area contributed by atoms with Crippen molar-refractivity contribution in [3.63, 3.8) is 0 Å². The standard InChI is InChI=1S/C11H16N2O3S/c1-2-3-8(6-10(14)15)12-11(16)13-9-4-5-17-7-9/h4-5,7-8H,2-3,6H2,1H3,(H,14,15)(H2,12,13,16). The molecule has 6 heteroatoms. The van der Waals surface area contributed by atoms with Crippen molar-refractivity contribution in [1.82, 2.24) is 5.32 Å². The molecule has 0 aliphatic heterocycles. The number of urea groups is 1. The molecule has 1 rings (SSSR count). The molecule has 1 unspecified atom stereocenters. The molecule has 1 heterocycles. The Morgan fingerprint density at radius 3 is 2.82 bits per heavy atom. The second-order valence-corrected chi connectivity index (χ2v) is 4.47. The van der Waals surface area contributed by atoms with Crippen LogP contribution in [0.3, 0.4) is 0 Å². The van der Waals surface area contributed by atoms with Crippen LogP contribution in [0.1, 0.15) is 26.2 Å². The number of carbonyl (C=O) groups excluding carboxylic acids is 1. The second-order valence-electron chi connectivity index (χ2n) is 3.69. The van der Waals surface area contributed by atoms with Gasteiger partial charge in [-0.15, -0.1) is 0 Å². The Balaban J connectivity index is 2.43. The van der Waals surface area contributed by atoms with Gasteiger partial charge in [-0.3, -0.25) is 4.79 Å². The monoisotopic (exact) mass is 256 g/mol. The van der Waals surface area contributed by atoms with Crippen LogP contribution in [0, 0.1) is 0 Å². The highest BCUT2D eigenvalue weighted by Gasteiger charge is 2.14. The van der Waals surface area contributed by atoms with Crippen molar-refractivity contribution in [3.05, 3.63) is 16.8 Å². The van der Waals surface area contributed by atoms with Crippen molar-refractivity contribution in [2.24, 2.45) is 0 Å². The summed E-state index contributed by atoms with van der Waals surface area (Å²) in [5.74, 6) is -0.903. The summed E-state index contributed by atoms with van der Waals surface area (Å²) in [5.41, 5.74) is 0.720. The molecule has 17 heavy (non-hydrogen) atoms. The summed E-state index contributed by atoms with van der Waals surface area (Å²) in [6.07, 6.45) is 1.44. The molecule has 0 spiro atoms. The van der Waals surface area contributed by atoms with Crippen molar-refractivity contribution in [1.29, 1.82) is 0 Å². The molecule has 1 aromatic heterocycles. The third kappa shape index (κ3) is 5.35. The molecule has 5 nitrogen and oxygen atoms in total. The van der Waals surface area contributed by atoms with Gasteiger partial charge in [0, 0.05) is 11.4 Å². The SMILES string of the molecule is CCCC(CC(=O)O)NC(=O)Nc1ccsc1. The Bertz CT molecular complexity index is 365. The largest absolute Gasteiger partial charge is 0.481 e. The lowest BCUT2D eigenvalue weighted by Crippen LogP contribution is -2.39. The Hall–Kier alpha value is -1.56. The van der Waals surface area contributed by atoms with Crippen LogP contribution in [-0.4, -0.2) is 23.1 Å². The van der Waals surface area contributed by atoms with E-state index in [0.29, 0.717) is 6.42 Å². The zero-order chi connectivity index (χ0) is 12.7. The van der Waals surface area contributed by atoms with Crippen LogP contribution < -0.4 is 10.6 Å². The number of aliphatic carboxylic acids is 1. The normalized spacial score (nSPS) is 11.8. The maximum absolute atomic E-state index is 11.6. The first-order valence-electron chi connectivity index (χ1n) is 5.43. The van der Waals surface area contributed by atoms with Crippen molar-refractivity contribution in [3.8, 4) is 0 Å². The van der Waals surface area contributed by atoms with Gasteiger partial charge in [0.2, 0.25) is 0 Å². The molecule has 0 bridgehead atoms. The molecule has 2 amide bonds. The lowest BCUT2D eigenvalue weighted by atomic mass is 10.1. The first-order chi connectivity index (χ1) is 8.11. The van der Waals surface area contributed by atoms with Crippen molar-refractivity contribution >= 4 is 29.0 Å². The number of thiophene rings is 1. The van der Waals surface area contributed by atoms with Crippen LogP contribution in [0.5, 0.6) is 0 Å². The van der Waals surface area contributed by atoms with E-state index in [-0.39, 0.29) is 18.5 Å². The fourth-order valence-corrected chi connectivity index (χ4v) is 2.06. The maximum atomic E-state index is 11.6. The molecule has 0 fully saturated rings. The molecule has 0 aliphatic carbocycles. The van der Waals surface area contributed by atoms with E-state index in [1.54, 1.807) is 6.07 Å². The second kappa shape index (κ2) is 6.90. The van der Waals surface area contributed by atoms with Crippen LogP contribution in [-0.2, 0) is 4.79 Å². The molecule has 94 valence electrons. The van der Waals surface area contributed by atoms with Gasteiger partial charge in [-0.2, -0.15) is 11.3 Å². The number of rotatable bonds is 6. The molecule has 1 aromatic rings. The number of hydrogen-bond acceptors (Lipinski definition) is 3. The summed E-state index contributed by atoms with van der Waals surface area (Å²) in [6, 6.07) is 1.11. The van der Waals surface area contributed by atoms with Crippen LogP contribution in [0.15, 0.2) is 16.8 Å². The summed E-state index contributed by atoms with van der Waals surface area (Å²) in [6.45, 7) is 1.95. The van der Waals surface area contributed by atoms with Gasteiger partial charge in [0.1, 0.15) is 0 Å². The summed E-state index contributed by atoms with van der Waals surface area (Å²) < 4.78 is 0. The molecule has 0 saturated heterocycles. The van der Waals surface area contributed by atoms with Crippen LogP contribution in [0.4, 0.5) is 10.5 Å². The number of carbonyl (C=O) groups is 2. The minimum Gasteiger partial charge on any atom is -0.481 e. The molecule has 3 N–H and O–H groups in total. The minimum atomic E-state index is -0.903. The Kier molecular flexibility index (Phi) is 5.48. The van der Waals surface area contributed by atoms with E-state index in [0.717, 1.165) is 12.1 Å². The fourth-order valence-electron chi connectivity index (χ4n) is 1.47. The lowest BCUT2D eigenvalue weighted by Gasteiger charge is -2.16. The fraction of sp³-hybridized carbons (Fsp3) is 0.455. The highest BCUT2D eigenvalue weighted by Crippen LogP contribution is 2.11.